The molecule has 1 N–H and O–H groups in total. The molecule has 136 valence electrons. The fraction of sp³-hybridized carbons (Fsp3) is 0.263. The predicted octanol–water partition coefficient (Wildman–Crippen LogP) is 2.90. The van der Waals surface area contributed by atoms with Gasteiger partial charge in [0.05, 0.1) is 30.0 Å². The van der Waals surface area contributed by atoms with E-state index in [1.807, 2.05) is 42.5 Å². The highest BCUT2D eigenvalue weighted by molar-refractivity contribution is 5.84. The zero-order valence-electron chi connectivity index (χ0n) is 14.7. The van der Waals surface area contributed by atoms with E-state index < -0.39 is 0 Å². The Morgan fingerprint density at radius 1 is 1.15 bits per heavy atom. The van der Waals surface area contributed by atoms with Gasteiger partial charge in [0.2, 0.25) is 6.41 Å². The lowest BCUT2D eigenvalue weighted by Crippen LogP contribution is -2.30. The maximum absolute atomic E-state index is 11.9. The highest BCUT2D eigenvalue weighted by Crippen LogP contribution is 2.29. The minimum atomic E-state index is -0.269. The van der Waals surface area contributed by atoms with E-state index in [0.717, 1.165) is 28.7 Å². The Bertz CT molecular complexity index is 847. The molecule has 3 rings (SSSR count). The monoisotopic (exact) mass is 355 g/mol. The van der Waals surface area contributed by atoms with Crippen LogP contribution in [0.4, 0.5) is 5.69 Å². The van der Waals surface area contributed by atoms with E-state index in [2.05, 4.69) is 9.97 Å². The number of fused-ring (bicyclic) bond motifs is 1. The summed E-state index contributed by atoms with van der Waals surface area (Å²) in [4.78, 5) is 20.8. The summed E-state index contributed by atoms with van der Waals surface area (Å²) in [7, 11) is 3.19. The van der Waals surface area contributed by atoms with Gasteiger partial charge >= 0.3 is 0 Å². The molecule has 0 radical (unpaired) electrons. The average molecular weight is 355 g/mol. The summed E-state index contributed by atoms with van der Waals surface area (Å²) in [5.41, 5.74) is 3.42. The van der Waals surface area contributed by atoms with Gasteiger partial charge in [-0.2, -0.15) is 0 Å². The van der Waals surface area contributed by atoms with E-state index in [4.69, 9.17) is 14.2 Å². The number of aromatic nitrogens is 2. The van der Waals surface area contributed by atoms with E-state index in [0.29, 0.717) is 12.4 Å². The molecule has 3 aromatic rings. The van der Waals surface area contributed by atoms with Crippen LogP contribution in [0.3, 0.4) is 0 Å². The van der Waals surface area contributed by atoms with Crippen LogP contribution in [0.5, 0.6) is 5.75 Å². The van der Waals surface area contributed by atoms with Gasteiger partial charge in [-0.25, -0.2) is 4.98 Å². The van der Waals surface area contributed by atoms with Crippen LogP contribution < -0.4 is 9.64 Å². The Balaban J connectivity index is 1.89. The summed E-state index contributed by atoms with van der Waals surface area (Å²) in [6, 6.07) is 12.9. The molecule has 0 spiro atoms. The molecule has 1 heterocycles. The fourth-order valence-electron chi connectivity index (χ4n) is 2.81. The van der Waals surface area contributed by atoms with Crippen molar-refractivity contribution in [2.75, 3.05) is 32.5 Å². The molecule has 0 fully saturated rings. The number of anilines is 1. The van der Waals surface area contributed by atoms with Crippen LogP contribution >= 0.6 is 0 Å². The third kappa shape index (κ3) is 3.84. The van der Waals surface area contributed by atoms with Crippen molar-refractivity contribution in [2.45, 2.75) is 6.04 Å². The highest BCUT2D eigenvalue weighted by Gasteiger charge is 2.21. The summed E-state index contributed by atoms with van der Waals surface area (Å²) < 4.78 is 15.7. The molecule has 0 saturated carbocycles. The molecule has 2 aromatic carbocycles. The number of carbonyl (C=O) groups is 1. The van der Waals surface area contributed by atoms with Crippen molar-refractivity contribution in [2.24, 2.45) is 0 Å². The molecular formula is C19H21N3O4. The molecule has 7 nitrogen and oxygen atoms in total. The first kappa shape index (κ1) is 17.9. The van der Waals surface area contributed by atoms with Gasteiger partial charge in [0.15, 0.2) is 6.79 Å². The standard InChI is InChI=1S/C19H21N3O4/c1-24-10-19(14-3-6-16(7-4-14)26-13-25-2)22(12-23)15-5-8-17-18(9-15)21-11-20-17/h3-9,11-12,19H,10,13H2,1-2H3,(H,20,21). The number of aromatic amines is 1. The summed E-state index contributed by atoms with van der Waals surface area (Å²) in [6.45, 7) is 0.545. The Morgan fingerprint density at radius 2 is 1.96 bits per heavy atom. The van der Waals surface area contributed by atoms with Crippen LogP contribution in [0, 0.1) is 0 Å². The molecule has 0 aliphatic carbocycles. The molecular weight excluding hydrogens is 334 g/mol. The van der Waals surface area contributed by atoms with Crippen LogP contribution in [0.15, 0.2) is 48.8 Å². The second kappa shape index (κ2) is 8.46. The average Bonchev–Trinajstić information content (AvgIpc) is 3.15. The third-order valence-corrected chi connectivity index (χ3v) is 4.08. The molecule has 0 aliphatic heterocycles. The first-order chi connectivity index (χ1) is 12.8. The van der Waals surface area contributed by atoms with Crippen LogP contribution in [-0.4, -0.2) is 44.0 Å². The number of ether oxygens (including phenoxy) is 3. The molecule has 1 atom stereocenters. The molecule has 0 saturated heterocycles. The van der Waals surface area contributed by atoms with E-state index >= 15 is 0 Å². The number of hydrogen-bond donors (Lipinski definition) is 1. The summed E-state index contributed by atoms with van der Waals surface area (Å²) in [5.74, 6) is 0.697. The number of benzene rings is 2. The summed E-state index contributed by atoms with van der Waals surface area (Å²) in [6.07, 6.45) is 2.45. The van der Waals surface area contributed by atoms with Crippen molar-refractivity contribution in [1.82, 2.24) is 9.97 Å². The molecule has 7 heteroatoms. The topological polar surface area (TPSA) is 76.7 Å². The zero-order chi connectivity index (χ0) is 18.4. The number of methoxy groups -OCH3 is 2. The van der Waals surface area contributed by atoms with Gasteiger partial charge in [-0.1, -0.05) is 12.1 Å². The Labute approximate surface area is 151 Å². The third-order valence-electron chi connectivity index (χ3n) is 4.08. The largest absolute Gasteiger partial charge is 0.468 e. The van der Waals surface area contributed by atoms with Gasteiger partial charge in [-0.05, 0) is 35.9 Å². The minimum Gasteiger partial charge on any atom is -0.468 e. The first-order valence-corrected chi connectivity index (χ1v) is 8.14. The summed E-state index contributed by atoms with van der Waals surface area (Å²) in [5, 5.41) is 0. The van der Waals surface area contributed by atoms with E-state index in [1.165, 1.54) is 0 Å². The minimum absolute atomic E-state index is 0.186. The molecule has 0 bridgehead atoms. The fourth-order valence-corrected chi connectivity index (χ4v) is 2.81. The maximum atomic E-state index is 11.9. The van der Waals surface area contributed by atoms with Gasteiger partial charge in [0.25, 0.3) is 0 Å². The van der Waals surface area contributed by atoms with Crippen molar-refractivity contribution < 1.29 is 19.0 Å². The SMILES string of the molecule is COCOc1ccc(C(COC)N(C=O)c2ccc3nc[nH]c3c2)cc1. The molecule has 1 amide bonds. The van der Waals surface area contributed by atoms with Crippen molar-refractivity contribution in [3.8, 4) is 5.75 Å². The van der Waals surface area contributed by atoms with Gasteiger partial charge in [-0.3, -0.25) is 4.79 Å². The van der Waals surface area contributed by atoms with Crippen LogP contribution in [0.25, 0.3) is 11.0 Å². The maximum Gasteiger partial charge on any atom is 0.214 e. The number of H-pyrrole nitrogens is 1. The number of hydrogen-bond acceptors (Lipinski definition) is 5. The van der Waals surface area contributed by atoms with Crippen molar-refractivity contribution in [1.29, 1.82) is 0 Å². The lowest BCUT2D eigenvalue weighted by Gasteiger charge is -2.28. The molecule has 1 aromatic heterocycles. The van der Waals surface area contributed by atoms with Crippen molar-refractivity contribution in [3.05, 3.63) is 54.4 Å². The van der Waals surface area contributed by atoms with E-state index in [-0.39, 0.29) is 12.8 Å². The number of nitrogens with one attached hydrogen (secondary N) is 1. The number of imidazole rings is 1. The van der Waals surface area contributed by atoms with E-state index in [1.54, 1.807) is 25.4 Å². The molecule has 1 unspecified atom stereocenters. The number of rotatable bonds is 9. The normalized spacial score (nSPS) is 12.1. The Morgan fingerprint density at radius 3 is 2.65 bits per heavy atom. The number of carbonyl (C=O) groups excluding carboxylic acids is 1. The second-order valence-electron chi connectivity index (χ2n) is 5.71. The summed E-state index contributed by atoms with van der Waals surface area (Å²) >= 11 is 0. The highest BCUT2D eigenvalue weighted by atomic mass is 16.7. The van der Waals surface area contributed by atoms with Gasteiger partial charge in [0.1, 0.15) is 5.75 Å². The van der Waals surface area contributed by atoms with Crippen molar-refractivity contribution in [3.63, 3.8) is 0 Å². The Hall–Kier alpha value is -2.90. The molecule has 26 heavy (non-hydrogen) atoms. The first-order valence-electron chi connectivity index (χ1n) is 8.14. The smallest absolute Gasteiger partial charge is 0.214 e. The predicted molar refractivity (Wildman–Crippen MR) is 98.2 cm³/mol. The van der Waals surface area contributed by atoms with Crippen LogP contribution in [0.1, 0.15) is 11.6 Å². The zero-order valence-corrected chi connectivity index (χ0v) is 14.7. The Kier molecular flexibility index (Phi) is 5.83. The molecule has 0 aliphatic rings. The lowest BCUT2D eigenvalue weighted by atomic mass is 10.1. The van der Waals surface area contributed by atoms with Crippen LogP contribution in [-0.2, 0) is 14.3 Å². The number of nitrogens with zero attached hydrogens (tertiary/aromatic N) is 2. The lowest BCUT2D eigenvalue weighted by molar-refractivity contribution is -0.108. The van der Waals surface area contributed by atoms with Gasteiger partial charge in [-0.15, -0.1) is 0 Å². The van der Waals surface area contributed by atoms with Gasteiger partial charge in [0, 0.05) is 19.9 Å². The van der Waals surface area contributed by atoms with Gasteiger partial charge < -0.3 is 24.1 Å². The quantitative estimate of drug-likeness (QED) is 0.472. The number of amides is 1. The van der Waals surface area contributed by atoms with Crippen molar-refractivity contribution >= 4 is 23.1 Å². The van der Waals surface area contributed by atoms with Crippen LogP contribution in [0.2, 0.25) is 0 Å². The second-order valence-corrected chi connectivity index (χ2v) is 5.71. The van der Waals surface area contributed by atoms with E-state index in [9.17, 15) is 4.79 Å².